The van der Waals surface area contributed by atoms with Crippen LogP contribution in [-0.4, -0.2) is 12.5 Å². The molecule has 3 nitrogen and oxygen atoms in total. The van der Waals surface area contributed by atoms with Crippen LogP contribution in [0.15, 0.2) is 53.0 Å². The predicted octanol–water partition coefficient (Wildman–Crippen LogP) is 3.32. The standard InChI is InChI=1S/C15H14BrFN2O/c16-12-3-7-14(8-4-12)19-15(20)10-18-9-11-1-5-13(17)6-2-11/h1-8,18H,9-10H2,(H,19,20). The molecule has 2 N–H and O–H groups in total. The van der Waals surface area contributed by atoms with Gasteiger partial charge in [-0.1, -0.05) is 28.1 Å². The average molecular weight is 337 g/mol. The van der Waals surface area contributed by atoms with Crippen LogP contribution < -0.4 is 10.6 Å². The number of hydrogen-bond donors (Lipinski definition) is 2. The van der Waals surface area contributed by atoms with Crippen molar-refractivity contribution in [3.63, 3.8) is 0 Å². The van der Waals surface area contributed by atoms with Crippen molar-refractivity contribution in [3.8, 4) is 0 Å². The second-order valence-electron chi connectivity index (χ2n) is 4.29. The van der Waals surface area contributed by atoms with Crippen molar-refractivity contribution in [3.05, 3.63) is 64.4 Å². The Bertz CT molecular complexity index is 569. The van der Waals surface area contributed by atoms with Gasteiger partial charge < -0.3 is 10.6 Å². The highest BCUT2D eigenvalue weighted by molar-refractivity contribution is 9.10. The maximum Gasteiger partial charge on any atom is 0.238 e. The van der Waals surface area contributed by atoms with Crippen molar-refractivity contribution in [2.45, 2.75) is 6.54 Å². The molecular weight excluding hydrogens is 323 g/mol. The lowest BCUT2D eigenvalue weighted by Gasteiger charge is -2.07. The van der Waals surface area contributed by atoms with Gasteiger partial charge in [0, 0.05) is 16.7 Å². The maximum atomic E-state index is 12.7. The molecule has 104 valence electrons. The molecule has 5 heteroatoms. The van der Waals surface area contributed by atoms with Crippen LogP contribution in [0.3, 0.4) is 0 Å². The Kier molecular flexibility index (Phi) is 5.26. The van der Waals surface area contributed by atoms with Crippen molar-refractivity contribution in [2.75, 3.05) is 11.9 Å². The molecule has 2 aromatic carbocycles. The molecule has 0 aliphatic rings. The molecule has 0 aliphatic heterocycles. The van der Waals surface area contributed by atoms with Gasteiger partial charge in [0.05, 0.1) is 6.54 Å². The van der Waals surface area contributed by atoms with Crippen molar-refractivity contribution in [2.24, 2.45) is 0 Å². The molecule has 0 heterocycles. The fourth-order valence-corrected chi connectivity index (χ4v) is 1.93. The Morgan fingerprint density at radius 1 is 1.05 bits per heavy atom. The molecule has 0 atom stereocenters. The van der Waals surface area contributed by atoms with Crippen molar-refractivity contribution < 1.29 is 9.18 Å². The molecule has 0 bridgehead atoms. The van der Waals surface area contributed by atoms with E-state index in [4.69, 9.17) is 0 Å². The van der Waals surface area contributed by atoms with E-state index in [-0.39, 0.29) is 18.3 Å². The molecule has 0 saturated heterocycles. The fraction of sp³-hybridized carbons (Fsp3) is 0.133. The summed E-state index contributed by atoms with van der Waals surface area (Å²) in [5, 5.41) is 5.79. The normalized spacial score (nSPS) is 10.3. The van der Waals surface area contributed by atoms with Crippen LogP contribution in [0.2, 0.25) is 0 Å². The fourth-order valence-electron chi connectivity index (χ4n) is 1.66. The summed E-state index contributed by atoms with van der Waals surface area (Å²) in [5.74, 6) is -0.379. The summed E-state index contributed by atoms with van der Waals surface area (Å²) in [6.07, 6.45) is 0. The quantitative estimate of drug-likeness (QED) is 0.879. The summed E-state index contributed by atoms with van der Waals surface area (Å²) in [5.41, 5.74) is 1.68. The molecule has 2 rings (SSSR count). The predicted molar refractivity (Wildman–Crippen MR) is 80.9 cm³/mol. The van der Waals surface area contributed by atoms with Gasteiger partial charge >= 0.3 is 0 Å². The van der Waals surface area contributed by atoms with Crippen molar-refractivity contribution in [1.29, 1.82) is 0 Å². The van der Waals surface area contributed by atoms with E-state index >= 15 is 0 Å². The van der Waals surface area contributed by atoms with Gasteiger partial charge in [0.2, 0.25) is 5.91 Å². The van der Waals surface area contributed by atoms with E-state index in [1.54, 1.807) is 12.1 Å². The zero-order chi connectivity index (χ0) is 14.4. The van der Waals surface area contributed by atoms with Crippen LogP contribution in [0.1, 0.15) is 5.56 Å². The lowest BCUT2D eigenvalue weighted by molar-refractivity contribution is -0.115. The Labute approximate surface area is 125 Å². The third-order valence-electron chi connectivity index (χ3n) is 2.66. The topological polar surface area (TPSA) is 41.1 Å². The highest BCUT2D eigenvalue weighted by Gasteiger charge is 2.02. The van der Waals surface area contributed by atoms with Crippen LogP contribution >= 0.6 is 15.9 Å². The van der Waals surface area contributed by atoms with E-state index in [9.17, 15) is 9.18 Å². The Hall–Kier alpha value is -1.72. The monoisotopic (exact) mass is 336 g/mol. The highest BCUT2D eigenvalue weighted by Crippen LogP contribution is 2.13. The van der Waals surface area contributed by atoms with Crippen LogP contribution in [-0.2, 0) is 11.3 Å². The summed E-state index contributed by atoms with van der Waals surface area (Å²) in [6.45, 7) is 0.724. The molecule has 20 heavy (non-hydrogen) atoms. The second kappa shape index (κ2) is 7.17. The Morgan fingerprint density at radius 2 is 1.70 bits per heavy atom. The molecule has 0 unspecified atom stereocenters. The maximum absolute atomic E-state index is 12.7. The van der Waals surface area contributed by atoms with Gasteiger partial charge in [-0.3, -0.25) is 4.79 Å². The first-order chi connectivity index (χ1) is 9.63. The Balaban J connectivity index is 1.75. The van der Waals surface area contributed by atoms with Crippen LogP contribution in [0.5, 0.6) is 0 Å². The average Bonchev–Trinajstić information content (AvgIpc) is 2.44. The molecule has 2 aromatic rings. The van der Waals surface area contributed by atoms with Crippen LogP contribution in [0.25, 0.3) is 0 Å². The summed E-state index contributed by atoms with van der Waals surface area (Å²) in [7, 11) is 0. The molecule has 0 radical (unpaired) electrons. The number of amides is 1. The minimum Gasteiger partial charge on any atom is -0.325 e. The summed E-state index contributed by atoms with van der Waals surface area (Å²) >= 11 is 3.33. The van der Waals surface area contributed by atoms with Crippen LogP contribution in [0, 0.1) is 5.82 Å². The summed E-state index contributed by atoms with van der Waals surface area (Å²) < 4.78 is 13.7. The SMILES string of the molecule is O=C(CNCc1ccc(F)cc1)Nc1ccc(Br)cc1. The van der Waals surface area contributed by atoms with Gasteiger partial charge in [-0.05, 0) is 42.0 Å². The van der Waals surface area contributed by atoms with Gasteiger partial charge in [-0.2, -0.15) is 0 Å². The summed E-state index contributed by atoms with van der Waals surface area (Å²) in [6, 6.07) is 13.6. The Morgan fingerprint density at radius 3 is 2.35 bits per heavy atom. The third kappa shape index (κ3) is 4.75. The highest BCUT2D eigenvalue weighted by atomic mass is 79.9. The number of hydrogen-bond acceptors (Lipinski definition) is 2. The first kappa shape index (κ1) is 14.7. The van der Waals surface area contributed by atoms with Gasteiger partial charge in [0.1, 0.15) is 5.82 Å². The lowest BCUT2D eigenvalue weighted by atomic mass is 10.2. The first-order valence-electron chi connectivity index (χ1n) is 6.14. The molecular formula is C15H14BrFN2O. The van der Waals surface area contributed by atoms with E-state index in [2.05, 4.69) is 26.6 Å². The van der Waals surface area contributed by atoms with E-state index in [1.165, 1.54) is 12.1 Å². The van der Waals surface area contributed by atoms with E-state index in [0.29, 0.717) is 6.54 Å². The molecule has 0 aromatic heterocycles. The smallest absolute Gasteiger partial charge is 0.238 e. The molecule has 0 fully saturated rings. The zero-order valence-corrected chi connectivity index (χ0v) is 12.3. The van der Waals surface area contributed by atoms with Crippen molar-refractivity contribution >= 4 is 27.5 Å². The van der Waals surface area contributed by atoms with Gasteiger partial charge in [0.25, 0.3) is 0 Å². The van der Waals surface area contributed by atoms with Gasteiger partial charge in [-0.15, -0.1) is 0 Å². The molecule has 0 spiro atoms. The molecule has 0 aliphatic carbocycles. The number of carbonyl (C=O) groups excluding carboxylic acids is 1. The number of halogens is 2. The number of carbonyl (C=O) groups is 1. The third-order valence-corrected chi connectivity index (χ3v) is 3.18. The number of rotatable bonds is 5. The largest absolute Gasteiger partial charge is 0.325 e. The molecule has 1 amide bonds. The van der Waals surface area contributed by atoms with E-state index in [1.807, 2.05) is 24.3 Å². The number of benzene rings is 2. The minimum absolute atomic E-state index is 0.116. The lowest BCUT2D eigenvalue weighted by Crippen LogP contribution is -2.27. The van der Waals surface area contributed by atoms with E-state index < -0.39 is 0 Å². The summed E-state index contributed by atoms with van der Waals surface area (Å²) in [4.78, 5) is 11.7. The van der Waals surface area contributed by atoms with Crippen molar-refractivity contribution in [1.82, 2.24) is 5.32 Å². The first-order valence-corrected chi connectivity index (χ1v) is 6.93. The minimum atomic E-state index is -0.262. The number of nitrogens with one attached hydrogen (secondary N) is 2. The second-order valence-corrected chi connectivity index (χ2v) is 5.20. The zero-order valence-electron chi connectivity index (χ0n) is 10.7. The molecule has 0 saturated carbocycles. The van der Waals surface area contributed by atoms with Gasteiger partial charge in [-0.25, -0.2) is 4.39 Å². The van der Waals surface area contributed by atoms with Crippen LogP contribution in [0.4, 0.5) is 10.1 Å². The van der Waals surface area contributed by atoms with E-state index in [0.717, 1.165) is 15.7 Å². The number of anilines is 1. The van der Waals surface area contributed by atoms with Gasteiger partial charge in [0.15, 0.2) is 0 Å².